The number of nitrogens with one attached hydrogen (secondary N) is 1. The molecular weight excluding hydrogens is 305 g/mol. The zero-order valence-corrected chi connectivity index (χ0v) is 11.9. The number of rotatable bonds is 6. The van der Waals surface area contributed by atoms with Gasteiger partial charge in [-0.25, -0.2) is 4.98 Å². The second kappa shape index (κ2) is 6.66. The summed E-state index contributed by atoms with van der Waals surface area (Å²) >= 11 is 0.572. The van der Waals surface area contributed by atoms with E-state index in [2.05, 4.69) is 10.3 Å². The van der Waals surface area contributed by atoms with Crippen LogP contribution in [0.25, 0.3) is 0 Å². The fourth-order valence-corrected chi connectivity index (χ4v) is 2.19. The fraction of sp³-hybridized carbons (Fsp3) is 0.308. The van der Waals surface area contributed by atoms with Gasteiger partial charge in [0.2, 0.25) is 0 Å². The van der Waals surface area contributed by atoms with Gasteiger partial charge in [-0.1, -0.05) is 11.3 Å². The summed E-state index contributed by atoms with van der Waals surface area (Å²) in [4.78, 5) is 2.94. The van der Waals surface area contributed by atoms with E-state index in [-0.39, 0.29) is 5.13 Å². The highest BCUT2D eigenvalue weighted by molar-refractivity contribution is 7.15. The molecule has 114 valence electrons. The summed E-state index contributed by atoms with van der Waals surface area (Å²) in [6.45, 7) is 0.671. The lowest BCUT2D eigenvalue weighted by Crippen LogP contribution is -2.11. The highest BCUT2D eigenvalue weighted by Gasteiger charge is 2.33. The van der Waals surface area contributed by atoms with E-state index in [9.17, 15) is 13.2 Å². The second-order valence-corrected chi connectivity index (χ2v) is 5.01. The molecule has 0 aliphatic carbocycles. The lowest BCUT2D eigenvalue weighted by Gasteiger charge is -2.07. The van der Waals surface area contributed by atoms with Crippen LogP contribution in [0.2, 0.25) is 0 Å². The smallest absolute Gasteiger partial charge is 0.427 e. The topological polar surface area (TPSA) is 43.4 Å². The summed E-state index contributed by atoms with van der Waals surface area (Å²) < 4.78 is 47.6. The first-order valence-electron chi connectivity index (χ1n) is 6.03. The molecule has 0 radical (unpaired) electrons. The van der Waals surface area contributed by atoms with Gasteiger partial charge in [0.1, 0.15) is 23.0 Å². The molecule has 0 spiro atoms. The van der Waals surface area contributed by atoms with Crippen molar-refractivity contribution in [3.05, 3.63) is 35.3 Å². The lowest BCUT2D eigenvalue weighted by molar-refractivity contribution is -0.134. The van der Waals surface area contributed by atoms with Crippen LogP contribution in [0.15, 0.2) is 30.5 Å². The molecular formula is C13H13F3N2O2S. The van der Waals surface area contributed by atoms with Gasteiger partial charge in [-0.05, 0) is 24.3 Å². The van der Waals surface area contributed by atoms with Crippen molar-refractivity contribution in [1.82, 2.24) is 4.98 Å². The molecule has 8 heteroatoms. The number of benzene rings is 1. The van der Waals surface area contributed by atoms with Crippen LogP contribution < -0.4 is 14.8 Å². The Hall–Kier alpha value is -1.96. The normalized spacial score (nSPS) is 11.2. The Kier molecular flexibility index (Phi) is 4.89. The number of aromatic nitrogens is 1. The van der Waals surface area contributed by atoms with Crippen molar-refractivity contribution in [2.24, 2.45) is 0 Å². The molecule has 1 aromatic carbocycles. The first-order chi connectivity index (χ1) is 9.99. The number of ether oxygens (including phenoxy) is 2. The van der Waals surface area contributed by atoms with Crippen LogP contribution in [0, 0.1) is 0 Å². The number of halogens is 3. The molecule has 21 heavy (non-hydrogen) atoms. The molecule has 0 bridgehead atoms. The molecule has 1 N–H and O–H groups in total. The van der Waals surface area contributed by atoms with Gasteiger partial charge < -0.3 is 14.8 Å². The minimum Gasteiger partial charge on any atom is -0.497 e. The average molecular weight is 318 g/mol. The van der Waals surface area contributed by atoms with Crippen LogP contribution in [0.3, 0.4) is 0 Å². The van der Waals surface area contributed by atoms with Crippen LogP contribution in [0.4, 0.5) is 18.3 Å². The predicted octanol–water partition coefficient (Wildman–Crippen LogP) is 3.66. The Morgan fingerprint density at radius 1 is 1.19 bits per heavy atom. The third-order valence-corrected chi connectivity index (χ3v) is 3.49. The quantitative estimate of drug-likeness (QED) is 0.826. The molecule has 0 fully saturated rings. The molecule has 4 nitrogen and oxygen atoms in total. The van der Waals surface area contributed by atoms with Gasteiger partial charge in [0.05, 0.1) is 19.9 Å². The number of hydrogen-bond acceptors (Lipinski definition) is 5. The van der Waals surface area contributed by atoms with Gasteiger partial charge in [0, 0.05) is 0 Å². The van der Waals surface area contributed by atoms with Gasteiger partial charge >= 0.3 is 6.18 Å². The average Bonchev–Trinajstić information content (AvgIpc) is 2.93. The summed E-state index contributed by atoms with van der Waals surface area (Å²) in [5, 5.41) is 3.01. The summed E-state index contributed by atoms with van der Waals surface area (Å²) in [6.07, 6.45) is -3.53. The van der Waals surface area contributed by atoms with Crippen molar-refractivity contribution in [2.75, 3.05) is 25.6 Å². The maximum atomic E-state index is 12.4. The van der Waals surface area contributed by atoms with E-state index < -0.39 is 11.1 Å². The monoisotopic (exact) mass is 318 g/mol. The largest absolute Gasteiger partial charge is 0.497 e. The zero-order chi connectivity index (χ0) is 15.3. The molecule has 2 aromatic rings. The molecule has 0 aliphatic heterocycles. The van der Waals surface area contributed by atoms with Gasteiger partial charge in [0.25, 0.3) is 0 Å². The van der Waals surface area contributed by atoms with Gasteiger partial charge in [0.15, 0.2) is 5.13 Å². The predicted molar refractivity (Wildman–Crippen MR) is 74.1 cm³/mol. The lowest BCUT2D eigenvalue weighted by atomic mass is 10.3. The van der Waals surface area contributed by atoms with Crippen molar-refractivity contribution in [2.45, 2.75) is 6.18 Å². The first-order valence-corrected chi connectivity index (χ1v) is 6.84. The third-order valence-electron chi connectivity index (χ3n) is 2.49. The third kappa shape index (κ3) is 4.52. The molecule has 1 aromatic heterocycles. The Morgan fingerprint density at radius 2 is 1.86 bits per heavy atom. The van der Waals surface area contributed by atoms with E-state index in [1.54, 1.807) is 31.4 Å². The van der Waals surface area contributed by atoms with E-state index in [0.29, 0.717) is 30.2 Å². The van der Waals surface area contributed by atoms with E-state index in [1.165, 1.54) is 0 Å². The number of hydrogen-bond donors (Lipinski definition) is 1. The van der Waals surface area contributed by atoms with Crippen molar-refractivity contribution in [3.8, 4) is 11.5 Å². The molecule has 0 amide bonds. The molecule has 0 saturated carbocycles. The van der Waals surface area contributed by atoms with Crippen LogP contribution in [0.5, 0.6) is 11.5 Å². The number of thiazole rings is 1. The Morgan fingerprint density at radius 3 is 2.43 bits per heavy atom. The summed E-state index contributed by atoms with van der Waals surface area (Å²) in [5.41, 5.74) is 0. The van der Waals surface area contributed by atoms with Crippen LogP contribution in [0.1, 0.15) is 4.88 Å². The summed E-state index contributed by atoms with van der Waals surface area (Å²) in [5.74, 6) is 1.38. The highest BCUT2D eigenvalue weighted by Crippen LogP contribution is 2.34. The maximum Gasteiger partial charge on any atom is 0.427 e. The van der Waals surface area contributed by atoms with Crippen molar-refractivity contribution in [1.29, 1.82) is 0 Å². The van der Waals surface area contributed by atoms with E-state index >= 15 is 0 Å². The van der Waals surface area contributed by atoms with Crippen molar-refractivity contribution < 1.29 is 22.6 Å². The molecule has 1 heterocycles. The van der Waals surface area contributed by atoms with E-state index in [0.717, 1.165) is 11.9 Å². The Bertz CT molecular complexity index is 570. The molecule has 0 saturated heterocycles. The maximum absolute atomic E-state index is 12.4. The molecule has 2 rings (SSSR count). The fourth-order valence-electron chi connectivity index (χ4n) is 1.49. The number of anilines is 1. The Labute approximate surface area is 123 Å². The SMILES string of the molecule is COc1ccc(OCCNc2ncc(C(F)(F)F)s2)cc1. The molecule has 0 aliphatic rings. The van der Waals surface area contributed by atoms with E-state index in [1.807, 2.05) is 0 Å². The highest BCUT2D eigenvalue weighted by atomic mass is 32.1. The Balaban J connectivity index is 1.75. The van der Waals surface area contributed by atoms with Gasteiger partial charge in [-0.15, -0.1) is 0 Å². The number of nitrogens with zero attached hydrogens (tertiary/aromatic N) is 1. The van der Waals surface area contributed by atoms with Gasteiger partial charge in [-0.2, -0.15) is 13.2 Å². The van der Waals surface area contributed by atoms with Gasteiger partial charge in [-0.3, -0.25) is 0 Å². The van der Waals surface area contributed by atoms with Crippen LogP contribution in [-0.4, -0.2) is 25.2 Å². The molecule has 0 atom stereocenters. The summed E-state index contributed by atoms with van der Waals surface area (Å²) in [6, 6.07) is 7.03. The number of methoxy groups -OCH3 is 1. The summed E-state index contributed by atoms with van der Waals surface area (Å²) in [7, 11) is 1.57. The number of alkyl halides is 3. The molecule has 0 unspecified atom stereocenters. The van der Waals surface area contributed by atoms with Crippen molar-refractivity contribution >= 4 is 16.5 Å². The minimum absolute atomic E-state index is 0.223. The first kappa shape index (κ1) is 15.4. The zero-order valence-electron chi connectivity index (χ0n) is 11.1. The van der Waals surface area contributed by atoms with E-state index in [4.69, 9.17) is 9.47 Å². The minimum atomic E-state index is -4.35. The van der Waals surface area contributed by atoms with Crippen LogP contribution >= 0.6 is 11.3 Å². The van der Waals surface area contributed by atoms with Crippen LogP contribution in [-0.2, 0) is 6.18 Å². The second-order valence-electron chi connectivity index (χ2n) is 3.98. The van der Waals surface area contributed by atoms with Crippen molar-refractivity contribution in [3.63, 3.8) is 0 Å². The standard InChI is InChI=1S/C13H13F3N2O2S/c1-19-9-2-4-10(5-3-9)20-7-6-17-12-18-8-11(21-12)13(14,15)16/h2-5,8H,6-7H2,1H3,(H,17,18).